The molecule has 2 rings (SSSR count). The Balaban J connectivity index is 2.26. The Hall–Kier alpha value is -0.270. The molecule has 1 saturated heterocycles. The van der Waals surface area contributed by atoms with Crippen molar-refractivity contribution in [1.82, 2.24) is 9.55 Å². The van der Waals surface area contributed by atoms with Crippen molar-refractivity contribution in [3.63, 3.8) is 0 Å². The second kappa shape index (κ2) is 9.77. The van der Waals surface area contributed by atoms with Gasteiger partial charge in [-0.05, 0) is 15.5 Å². The Morgan fingerprint density at radius 1 is 1.31 bits per heavy atom. The van der Waals surface area contributed by atoms with Gasteiger partial charge in [-0.15, -0.1) is 11.6 Å². The minimum Gasteiger partial charge on any atom is -0.388 e. The topological polar surface area (TPSA) is 227 Å². The molecule has 0 bridgehead atoms. The van der Waals surface area contributed by atoms with E-state index in [1.54, 1.807) is 0 Å². The molecule has 2 heterocycles. The molecule has 0 radical (unpaired) electrons. The third-order valence-corrected chi connectivity index (χ3v) is 9.23. The van der Waals surface area contributed by atoms with Gasteiger partial charge in [-0.1, -0.05) is 0 Å². The number of ether oxygens (including phenoxy) is 1. The fourth-order valence-corrected chi connectivity index (χ4v) is 7.24. The average Bonchev–Trinajstić information content (AvgIpc) is 2.84. The molecule has 184 valence electrons. The molecular weight excluding hydrogens is 546 g/mol. The molecule has 15 nitrogen and oxygen atoms in total. The number of phosphoric acid groups is 2. The number of alkyl halides is 2. The maximum absolute atomic E-state index is 13.8. The summed E-state index contributed by atoms with van der Waals surface area (Å²) in [7, 11) is -13.4. The van der Waals surface area contributed by atoms with E-state index >= 15 is 0 Å². The highest BCUT2D eigenvalue weighted by molar-refractivity contribution is 7.91. The lowest BCUT2D eigenvalue weighted by atomic mass is 9.97. The first-order valence-corrected chi connectivity index (χ1v) is 14.5. The number of aromatic nitrogens is 2. The number of hydrogen-bond acceptors (Lipinski definition) is 9. The first-order chi connectivity index (χ1) is 14.4. The largest absolute Gasteiger partial charge is 0.488 e. The number of halogens is 2. The van der Waals surface area contributed by atoms with Crippen molar-refractivity contribution in [2.45, 2.75) is 36.3 Å². The fraction of sp³-hybridized carbons (Fsp3) is 0.636. The SMILES string of the molecule is C[C@H](OP(=O)(O)OP(=O)(O)OP(O)(O)=P)[C@H]1O[C@@H](n2ccc(=O)[nH]c2=O)C(Cl)(CF)[C@H]1O. The standard InChI is InChI=1S/C11H18ClFN2O13P4/c1-5(26-30(19,20)27-31(21,22)28-32(23,24)29)7-8(17)11(12,4-13)9(25-7)15-3-2-6(16)14-10(15)18/h2-3,5,7-9,17,23-24,29H,4H2,1H3,(H,19,20)(H,21,22)(H,14,16,18)/t5-,7+,8-,9+,11?/m0/s1. The monoisotopic (exact) mass is 564 g/mol. The van der Waals surface area contributed by atoms with Crippen LogP contribution in [-0.2, 0) is 27.0 Å². The first kappa shape index (κ1) is 28.0. The molecule has 0 spiro atoms. The fourth-order valence-electron chi connectivity index (χ4n) is 2.76. The van der Waals surface area contributed by atoms with Crippen molar-refractivity contribution in [3.8, 4) is 0 Å². The van der Waals surface area contributed by atoms with Gasteiger partial charge in [-0.25, -0.2) is 22.6 Å². The molecule has 1 aliphatic heterocycles. The zero-order chi connectivity index (χ0) is 24.7. The number of aliphatic hydroxyl groups excluding tert-OH is 1. The van der Waals surface area contributed by atoms with Crippen LogP contribution in [0.5, 0.6) is 0 Å². The number of aromatic amines is 1. The van der Waals surface area contributed by atoms with Crippen LogP contribution in [0.3, 0.4) is 0 Å². The minimum atomic E-state index is -5.55. The van der Waals surface area contributed by atoms with Crippen LogP contribution in [0.15, 0.2) is 21.9 Å². The van der Waals surface area contributed by atoms with Gasteiger partial charge in [0, 0.05) is 12.3 Å². The van der Waals surface area contributed by atoms with E-state index in [-0.39, 0.29) is 0 Å². The van der Waals surface area contributed by atoms with Gasteiger partial charge in [0.15, 0.2) is 6.23 Å². The number of nitrogens with one attached hydrogen (secondary N) is 1. The zero-order valence-electron chi connectivity index (χ0n) is 15.7. The van der Waals surface area contributed by atoms with E-state index in [0.29, 0.717) is 4.57 Å². The zero-order valence-corrected chi connectivity index (χ0v) is 20.2. The van der Waals surface area contributed by atoms with Crippen LogP contribution in [0, 0.1) is 0 Å². The number of hydrogen-bond donors (Lipinski definition) is 6. The summed E-state index contributed by atoms with van der Waals surface area (Å²) in [6.45, 7) is -0.456. The maximum atomic E-state index is 13.8. The third kappa shape index (κ3) is 6.65. The summed E-state index contributed by atoms with van der Waals surface area (Å²) in [6, 6.07) is 0.892. The van der Waals surface area contributed by atoms with Gasteiger partial charge in [0.25, 0.3) is 12.8 Å². The van der Waals surface area contributed by atoms with E-state index in [9.17, 15) is 38.0 Å². The lowest BCUT2D eigenvalue weighted by Gasteiger charge is -2.28. The van der Waals surface area contributed by atoms with E-state index in [2.05, 4.69) is 21.7 Å². The predicted molar refractivity (Wildman–Crippen MR) is 108 cm³/mol. The Labute approximate surface area is 185 Å². The maximum Gasteiger partial charge on any atom is 0.488 e. The highest BCUT2D eigenvalue weighted by Crippen LogP contribution is 2.68. The van der Waals surface area contributed by atoms with Crippen LogP contribution >= 0.6 is 43.0 Å². The summed E-state index contributed by atoms with van der Waals surface area (Å²) in [6.07, 6.45) is -6.18. The molecule has 0 aliphatic carbocycles. The smallest absolute Gasteiger partial charge is 0.388 e. The molecule has 3 unspecified atom stereocenters. The quantitative estimate of drug-likeness (QED) is 0.174. The summed E-state index contributed by atoms with van der Waals surface area (Å²) >= 11 is 6.13. The van der Waals surface area contributed by atoms with Gasteiger partial charge in [0.05, 0.1) is 6.10 Å². The number of phosphoric ester groups is 1. The van der Waals surface area contributed by atoms with E-state index in [1.165, 1.54) is 0 Å². The minimum absolute atomic E-state index is 0.663. The second-order valence-corrected chi connectivity index (χ2v) is 13.4. The van der Waals surface area contributed by atoms with Gasteiger partial charge in [0.1, 0.15) is 23.8 Å². The van der Waals surface area contributed by atoms with Gasteiger partial charge in [0.2, 0.25) is 0 Å². The Kier molecular flexibility index (Phi) is 8.54. The van der Waals surface area contributed by atoms with Crippen LogP contribution < -0.4 is 11.2 Å². The molecule has 32 heavy (non-hydrogen) atoms. The van der Waals surface area contributed by atoms with Crippen molar-refractivity contribution in [2.24, 2.45) is 0 Å². The Morgan fingerprint density at radius 3 is 2.41 bits per heavy atom. The van der Waals surface area contributed by atoms with Crippen LogP contribution in [0.4, 0.5) is 4.39 Å². The van der Waals surface area contributed by atoms with E-state index in [4.69, 9.17) is 26.1 Å². The highest BCUT2D eigenvalue weighted by atomic mass is 35.5. The van der Waals surface area contributed by atoms with Crippen molar-refractivity contribution < 1.29 is 56.1 Å². The van der Waals surface area contributed by atoms with Crippen molar-refractivity contribution in [3.05, 3.63) is 33.1 Å². The third-order valence-electron chi connectivity index (χ3n) is 3.99. The number of nitrogens with zero attached hydrogens (tertiary/aromatic N) is 1. The van der Waals surface area contributed by atoms with Crippen molar-refractivity contribution >= 4 is 43.0 Å². The highest BCUT2D eigenvalue weighted by Gasteiger charge is 2.59. The van der Waals surface area contributed by atoms with E-state index < -0.39 is 70.2 Å². The van der Waals surface area contributed by atoms with Gasteiger partial charge in [-0.3, -0.25) is 18.9 Å². The van der Waals surface area contributed by atoms with Crippen LogP contribution in [0.1, 0.15) is 13.2 Å². The molecular formula is C11H18ClFN2O13P4. The summed E-state index contributed by atoms with van der Waals surface area (Å²) in [5.74, 6) is 0. The predicted octanol–water partition coefficient (Wildman–Crippen LogP) is 0.186. The molecule has 1 fully saturated rings. The van der Waals surface area contributed by atoms with E-state index in [1.807, 2.05) is 4.98 Å². The summed E-state index contributed by atoms with van der Waals surface area (Å²) in [5.41, 5.74) is -1.85. The number of H-pyrrole nitrogens is 1. The number of rotatable bonds is 9. The van der Waals surface area contributed by atoms with Crippen LogP contribution in [-0.4, -0.2) is 64.1 Å². The molecule has 7 atom stereocenters. The summed E-state index contributed by atoms with van der Waals surface area (Å²) in [4.78, 5) is 59.8. The Morgan fingerprint density at radius 2 is 1.91 bits per heavy atom. The molecule has 0 saturated carbocycles. The molecule has 1 aliphatic rings. The molecule has 1 aromatic rings. The van der Waals surface area contributed by atoms with E-state index in [0.717, 1.165) is 19.2 Å². The summed E-state index contributed by atoms with van der Waals surface area (Å²) < 4.78 is 55.8. The first-order valence-electron chi connectivity index (χ1n) is 8.17. The molecule has 21 heteroatoms. The van der Waals surface area contributed by atoms with Crippen LogP contribution in [0.2, 0.25) is 0 Å². The molecule has 0 aromatic carbocycles. The van der Waals surface area contributed by atoms with Gasteiger partial charge in [-0.2, -0.15) is 4.31 Å². The van der Waals surface area contributed by atoms with Crippen LogP contribution in [0.25, 0.3) is 0 Å². The normalized spacial score (nSPS) is 31.1. The molecule has 1 aromatic heterocycles. The second-order valence-electron chi connectivity index (χ2n) is 6.43. The van der Waals surface area contributed by atoms with Crippen molar-refractivity contribution in [2.75, 3.05) is 6.67 Å². The average molecular weight is 565 g/mol. The molecule has 6 N–H and O–H groups in total. The lowest BCUT2D eigenvalue weighted by Crippen LogP contribution is -2.47. The summed E-state index contributed by atoms with van der Waals surface area (Å²) in [5, 5.41) is 10.5. The van der Waals surface area contributed by atoms with Gasteiger partial charge >= 0.3 is 21.3 Å². The molecule has 0 amide bonds. The number of aliphatic hydroxyl groups is 1. The Bertz CT molecular complexity index is 1110. The lowest BCUT2D eigenvalue weighted by molar-refractivity contribution is -0.0755. The van der Waals surface area contributed by atoms with Gasteiger partial charge < -0.3 is 29.4 Å². The van der Waals surface area contributed by atoms with Crippen molar-refractivity contribution in [1.29, 1.82) is 0 Å².